The molecule has 3 aliphatic rings. The lowest BCUT2D eigenvalue weighted by Crippen LogP contribution is -2.43. The minimum Gasteiger partial charge on any atom is -0.491 e. The number of aryl methyl sites for hydroxylation is 2. The van der Waals surface area contributed by atoms with E-state index in [0.717, 1.165) is 62.0 Å². The van der Waals surface area contributed by atoms with E-state index in [4.69, 9.17) is 4.74 Å². The fraction of sp³-hybridized carbons (Fsp3) is 0.556. The van der Waals surface area contributed by atoms with Gasteiger partial charge in [-0.2, -0.15) is 0 Å². The maximum Gasteiger partial charge on any atom is 0.142 e. The minimum atomic E-state index is 0.376. The lowest BCUT2D eigenvalue weighted by Gasteiger charge is -2.47. The van der Waals surface area contributed by atoms with Crippen LogP contribution in [0.3, 0.4) is 0 Å². The van der Waals surface area contributed by atoms with Crippen molar-refractivity contribution in [1.82, 2.24) is 0 Å². The summed E-state index contributed by atoms with van der Waals surface area (Å²) in [6.45, 7) is 18.1. The van der Waals surface area contributed by atoms with Crippen molar-refractivity contribution in [2.75, 3.05) is 24.6 Å². The highest BCUT2D eigenvalue weighted by atomic mass is 16.5. The summed E-state index contributed by atoms with van der Waals surface area (Å²) in [5, 5.41) is 0. The van der Waals surface area contributed by atoms with E-state index >= 15 is 0 Å². The van der Waals surface area contributed by atoms with Gasteiger partial charge in [0.05, 0.1) is 12.3 Å². The molecule has 2 saturated carbocycles. The van der Waals surface area contributed by atoms with Crippen molar-refractivity contribution in [1.29, 1.82) is 0 Å². The molecule has 0 radical (unpaired) electrons. The summed E-state index contributed by atoms with van der Waals surface area (Å²) in [6.07, 6.45) is 13.8. The fourth-order valence-corrected chi connectivity index (χ4v) is 7.49. The second-order valence-corrected chi connectivity index (χ2v) is 12.4. The van der Waals surface area contributed by atoms with Crippen LogP contribution in [0.5, 0.6) is 5.75 Å². The average molecular weight is 512 g/mol. The van der Waals surface area contributed by atoms with Crippen molar-refractivity contribution in [2.45, 2.75) is 84.5 Å². The molecule has 0 N–H and O–H groups in total. The minimum absolute atomic E-state index is 0.376. The number of hydrogen-bond acceptors (Lipinski definition) is 2. The highest BCUT2D eigenvalue weighted by Gasteiger charge is 2.40. The van der Waals surface area contributed by atoms with Crippen molar-refractivity contribution in [3.63, 3.8) is 0 Å². The zero-order valence-corrected chi connectivity index (χ0v) is 24.2. The Hall–Kier alpha value is -2.48. The number of nitrogens with zero attached hydrogens (tertiary/aromatic N) is 1. The first-order chi connectivity index (χ1) is 18.5. The molecule has 5 unspecified atom stereocenters. The van der Waals surface area contributed by atoms with E-state index in [0.29, 0.717) is 5.92 Å². The third-order valence-corrected chi connectivity index (χ3v) is 9.90. The number of fused-ring (bicyclic) bond motifs is 1. The number of benzene rings is 2. The Bertz CT molecular complexity index is 1130. The van der Waals surface area contributed by atoms with Crippen LogP contribution in [-0.4, -0.2) is 19.7 Å². The van der Waals surface area contributed by atoms with Gasteiger partial charge in [-0.05, 0) is 104 Å². The summed E-state index contributed by atoms with van der Waals surface area (Å²) in [5.74, 6) is 4.68. The number of ether oxygens (including phenoxy) is 1. The summed E-state index contributed by atoms with van der Waals surface area (Å²) >= 11 is 0. The van der Waals surface area contributed by atoms with Crippen LogP contribution >= 0.6 is 0 Å². The number of allylic oxidation sites excluding steroid dienone is 2. The van der Waals surface area contributed by atoms with E-state index in [9.17, 15) is 0 Å². The molecule has 1 heterocycles. The molecule has 2 aromatic rings. The first kappa shape index (κ1) is 27.1. The Kier molecular flexibility index (Phi) is 8.66. The number of rotatable bonds is 9. The van der Waals surface area contributed by atoms with Crippen LogP contribution in [-0.2, 0) is 6.42 Å². The van der Waals surface area contributed by atoms with Crippen LogP contribution in [0.4, 0.5) is 5.69 Å². The van der Waals surface area contributed by atoms with Gasteiger partial charge in [0.25, 0.3) is 0 Å². The maximum absolute atomic E-state index is 6.60. The SMILES string of the molecule is C=CC1CCCC(C2CCC2CN2CC(c3ccc(C)cc3CCC)COc3ccc(C(=C)CC)cc32)C1. The van der Waals surface area contributed by atoms with Crippen LogP contribution in [0, 0.1) is 30.6 Å². The molecule has 2 fully saturated rings. The van der Waals surface area contributed by atoms with E-state index in [-0.39, 0.29) is 0 Å². The van der Waals surface area contributed by atoms with Gasteiger partial charge in [0.2, 0.25) is 0 Å². The summed E-state index contributed by atoms with van der Waals surface area (Å²) in [7, 11) is 0. The van der Waals surface area contributed by atoms with Crippen LogP contribution < -0.4 is 9.64 Å². The Labute approximate surface area is 232 Å². The van der Waals surface area contributed by atoms with Gasteiger partial charge in [0.1, 0.15) is 5.75 Å². The molecule has 0 aromatic heterocycles. The molecule has 204 valence electrons. The molecule has 0 spiro atoms. The van der Waals surface area contributed by atoms with Gasteiger partial charge in [-0.3, -0.25) is 0 Å². The molecule has 2 heteroatoms. The summed E-state index contributed by atoms with van der Waals surface area (Å²) in [4.78, 5) is 2.71. The topological polar surface area (TPSA) is 12.5 Å². The molecule has 2 aromatic carbocycles. The van der Waals surface area contributed by atoms with Crippen LogP contribution in [0.25, 0.3) is 5.57 Å². The second kappa shape index (κ2) is 12.1. The first-order valence-electron chi connectivity index (χ1n) is 15.4. The van der Waals surface area contributed by atoms with E-state index in [1.54, 1.807) is 0 Å². The van der Waals surface area contributed by atoms with Gasteiger partial charge in [-0.1, -0.05) is 75.6 Å². The van der Waals surface area contributed by atoms with Crippen molar-refractivity contribution in [3.05, 3.63) is 77.9 Å². The molecule has 0 amide bonds. The van der Waals surface area contributed by atoms with Gasteiger partial charge in [0, 0.05) is 19.0 Å². The third kappa shape index (κ3) is 5.75. The molecule has 2 aliphatic carbocycles. The molecule has 5 rings (SSSR count). The Balaban J connectivity index is 1.44. The first-order valence-corrected chi connectivity index (χ1v) is 15.4. The molecular formula is C36H49NO. The van der Waals surface area contributed by atoms with Crippen LogP contribution in [0.2, 0.25) is 0 Å². The monoisotopic (exact) mass is 511 g/mol. The number of anilines is 1. The summed E-state index contributed by atoms with van der Waals surface area (Å²) in [6, 6.07) is 13.9. The standard InChI is InChI=1S/C36H49NO/c1-6-10-29-19-25(4)13-16-34(29)32-23-37(35-21-28(26(5)7-2)15-18-36(35)38-24-32)22-31-14-17-33(31)30-12-9-11-27(8-3)20-30/h8,13,15-16,18-19,21,27,30-33H,3,5-7,9-12,14,17,20,22-24H2,1-2,4H3. The van der Waals surface area contributed by atoms with Crippen molar-refractivity contribution in [3.8, 4) is 5.75 Å². The molecular weight excluding hydrogens is 462 g/mol. The highest BCUT2D eigenvalue weighted by Crippen LogP contribution is 2.48. The van der Waals surface area contributed by atoms with Crippen molar-refractivity contribution < 1.29 is 4.74 Å². The lowest BCUT2D eigenvalue weighted by molar-refractivity contribution is 0.0736. The zero-order chi connectivity index (χ0) is 26.6. The van der Waals surface area contributed by atoms with E-state index in [1.165, 1.54) is 78.5 Å². The summed E-state index contributed by atoms with van der Waals surface area (Å²) in [5.41, 5.74) is 8.09. The Morgan fingerprint density at radius 2 is 1.95 bits per heavy atom. The second-order valence-electron chi connectivity index (χ2n) is 12.4. The zero-order valence-electron chi connectivity index (χ0n) is 24.2. The largest absolute Gasteiger partial charge is 0.491 e. The summed E-state index contributed by atoms with van der Waals surface area (Å²) < 4.78 is 6.60. The number of hydrogen-bond donors (Lipinski definition) is 0. The third-order valence-electron chi connectivity index (χ3n) is 9.90. The van der Waals surface area contributed by atoms with E-state index in [1.807, 2.05) is 0 Å². The normalized spacial score (nSPS) is 27.0. The highest BCUT2D eigenvalue weighted by molar-refractivity contribution is 5.71. The fourth-order valence-electron chi connectivity index (χ4n) is 7.49. The molecule has 5 atom stereocenters. The van der Waals surface area contributed by atoms with E-state index in [2.05, 4.69) is 81.3 Å². The van der Waals surface area contributed by atoms with Crippen LogP contribution in [0.15, 0.2) is 55.6 Å². The smallest absolute Gasteiger partial charge is 0.142 e. The predicted molar refractivity (Wildman–Crippen MR) is 163 cm³/mol. The predicted octanol–water partition coefficient (Wildman–Crippen LogP) is 9.37. The van der Waals surface area contributed by atoms with Crippen LogP contribution in [0.1, 0.15) is 93.4 Å². The molecule has 0 saturated heterocycles. The maximum atomic E-state index is 6.60. The molecule has 1 aliphatic heterocycles. The molecule has 0 bridgehead atoms. The molecule has 2 nitrogen and oxygen atoms in total. The van der Waals surface area contributed by atoms with Gasteiger partial charge in [-0.15, -0.1) is 6.58 Å². The average Bonchev–Trinajstić information content (AvgIpc) is 3.10. The molecule has 38 heavy (non-hydrogen) atoms. The van der Waals surface area contributed by atoms with Gasteiger partial charge in [-0.25, -0.2) is 0 Å². The van der Waals surface area contributed by atoms with Gasteiger partial charge < -0.3 is 9.64 Å². The Morgan fingerprint density at radius 1 is 1.08 bits per heavy atom. The van der Waals surface area contributed by atoms with Crippen molar-refractivity contribution >= 4 is 11.3 Å². The van der Waals surface area contributed by atoms with Crippen molar-refractivity contribution in [2.24, 2.45) is 23.7 Å². The Morgan fingerprint density at radius 3 is 2.68 bits per heavy atom. The van der Waals surface area contributed by atoms with Gasteiger partial charge in [0.15, 0.2) is 0 Å². The van der Waals surface area contributed by atoms with Gasteiger partial charge >= 0.3 is 0 Å². The quantitative estimate of drug-likeness (QED) is 0.311. The lowest BCUT2D eigenvalue weighted by atomic mass is 9.62. The van der Waals surface area contributed by atoms with E-state index < -0.39 is 0 Å².